The van der Waals surface area contributed by atoms with Gasteiger partial charge in [0.05, 0.1) is 13.7 Å². The topological polar surface area (TPSA) is 54.0 Å². The molecule has 0 spiro atoms. The molecular weight excluding hydrogens is 318 g/mol. The molecule has 25 heavy (non-hydrogen) atoms. The van der Waals surface area contributed by atoms with Gasteiger partial charge in [-0.3, -0.25) is 0 Å². The van der Waals surface area contributed by atoms with Crippen LogP contribution in [0.2, 0.25) is 0 Å². The molecule has 1 aromatic carbocycles. The fourth-order valence-electron chi connectivity index (χ4n) is 2.85. The van der Waals surface area contributed by atoms with Gasteiger partial charge in [0.25, 0.3) is 0 Å². The van der Waals surface area contributed by atoms with E-state index in [1.165, 1.54) is 5.56 Å². The highest BCUT2D eigenvalue weighted by molar-refractivity contribution is 5.66. The first kappa shape index (κ1) is 19.5. The Morgan fingerprint density at radius 3 is 2.52 bits per heavy atom. The molecule has 0 aliphatic carbocycles. The molecule has 0 unspecified atom stereocenters. The molecule has 6 nitrogen and oxygen atoms in total. The Labute approximate surface area is 151 Å². The van der Waals surface area contributed by atoms with E-state index >= 15 is 0 Å². The minimum absolute atomic E-state index is 0.312. The smallest absolute Gasteiger partial charge is 0.407 e. The molecule has 0 saturated carbocycles. The van der Waals surface area contributed by atoms with Gasteiger partial charge in [0.1, 0.15) is 5.75 Å². The first-order valence-corrected chi connectivity index (χ1v) is 9.12. The summed E-state index contributed by atoms with van der Waals surface area (Å²) in [5, 5.41) is 2.83. The number of rotatable bonds is 9. The number of nitrogens with zero attached hydrogens (tertiary/aromatic N) is 2. The molecule has 0 aromatic heterocycles. The van der Waals surface area contributed by atoms with E-state index in [4.69, 9.17) is 9.47 Å². The minimum Gasteiger partial charge on any atom is -0.497 e. The highest BCUT2D eigenvalue weighted by atomic mass is 16.5. The summed E-state index contributed by atoms with van der Waals surface area (Å²) >= 11 is 0. The predicted octanol–water partition coefficient (Wildman–Crippen LogP) is 1.99. The average molecular weight is 349 g/mol. The van der Waals surface area contributed by atoms with Crippen molar-refractivity contribution in [1.82, 2.24) is 15.1 Å². The Bertz CT molecular complexity index is 499. The van der Waals surface area contributed by atoms with Crippen LogP contribution in [-0.4, -0.2) is 75.9 Å². The van der Waals surface area contributed by atoms with Gasteiger partial charge >= 0.3 is 6.09 Å². The molecule has 1 aliphatic heterocycles. The summed E-state index contributed by atoms with van der Waals surface area (Å²) in [6.07, 6.45) is 2.36. The average Bonchev–Trinajstić information content (AvgIpc) is 2.64. The van der Waals surface area contributed by atoms with Crippen LogP contribution >= 0.6 is 0 Å². The highest BCUT2D eigenvalue weighted by Gasteiger charge is 2.12. The zero-order chi connectivity index (χ0) is 17.9. The Morgan fingerprint density at radius 1 is 1.12 bits per heavy atom. The maximum Gasteiger partial charge on any atom is 0.407 e. The standard InChI is InChI=1S/C19H31N3O3/c1-21-12-14-22(15-13-21)11-4-10-20-19(23)25-16-3-5-17-6-8-18(24-2)9-7-17/h6-9H,3-5,10-16H2,1-2H3,(H,20,23). The van der Waals surface area contributed by atoms with E-state index in [-0.39, 0.29) is 6.09 Å². The third-order valence-corrected chi connectivity index (χ3v) is 4.52. The lowest BCUT2D eigenvalue weighted by Gasteiger charge is -2.32. The number of alkyl carbamates (subject to hydrolysis) is 1. The first-order chi connectivity index (χ1) is 12.2. The Morgan fingerprint density at radius 2 is 1.84 bits per heavy atom. The van der Waals surface area contributed by atoms with Crippen molar-refractivity contribution in [2.24, 2.45) is 0 Å². The second-order valence-corrected chi connectivity index (χ2v) is 6.51. The van der Waals surface area contributed by atoms with Crippen molar-refractivity contribution in [3.8, 4) is 5.75 Å². The number of carbonyl (C=O) groups excluding carboxylic acids is 1. The van der Waals surface area contributed by atoms with Crippen LogP contribution in [0.3, 0.4) is 0 Å². The molecule has 2 rings (SSSR count). The summed E-state index contributed by atoms with van der Waals surface area (Å²) in [6, 6.07) is 7.97. The number of nitrogens with one attached hydrogen (secondary N) is 1. The largest absolute Gasteiger partial charge is 0.497 e. The molecule has 6 heteroatoms. The number of ether oxygens (including phenoxy) is 2. The molecule has 0 atom stereocenters. The van der Waals surface area contributed by atoms with E-state index in [1.54, 1.807) is 7.11 Å². The van der Waals surface area contributed by atoms with Gasteiger partial charge in [0.2, 0.25) is 0 Å². The van der Waals surface area contributed by atoms with E-state index in [0.717, 1.165) is 57.7 Å². The molecule has 1 aliphatic rings. The van der Waals surface area contributed by atoms with Crippen LogP contribution in [-0.2, 0) is 11.2 Å². The van der Waals surface area contributed by atoms with Crippen molar-refractivity contribution in [3.63, 3.8) is 0 Å². The van der Waals surface area contributed by atoms with Crippen molar-refractivity contribution in [2.45, 2.75) is 19.3 Å². The molecular formula is C19H31N3O3. The number of hydrogen-bond acceptors (Lipinski definition) is 5. The molecule has 140 valence electrons. The van der Waals surface area contributed by atoms with E-state index in [9.17, 15) is 4.79 Å². The van der Waals surface area contributed by atoms with Crippen LogP contribution in [0.5, 0.6) is 5.75 Å². The highest BCUT2D eigenvalue weighted by Crippen LogP contribution is 2.12. The monoisotopic (exact) mass is 349 g/mol. The number of carbonyl (C=O) groups is 1. The van der Waals surface area contributed by atoms with E-state index < -0.39 is 0 Å². The third-order valence-electron chi connectivity index (χ3n) is 4.52. The zero-order valence-electron chi connectivity index (χ0n) is 15.5. The van der Waals surface area contributed by atoms with E-state index in [0.29, 0.717) is 13.2 Å². The second kappa shape index (κ2) is 10.9. The molecule has 1 fully saturated rings. The Kier molecular flexibility index (Phi) is 8.55. The van der Waals surface area contributed by atoms with Crippen molar-refractivity contribution in [3.05, 3.63) is 29.8 Å². The summed E-state index contributed by atoms with van der Waals surface area (Å²) < 4.78 is 10.4. The number of methoxy groups -OCH3 is 1. The lowest BCUT2D eigenvalue weighted by molar-refractivity contribution is 0.140. The van der Waals surface area contributed by atoms with Gasteiger partial charge in [0, 0.05) is 32.7 Å². The van der Waals surface area contributed by atoms with Crippen LogP contribution in [0, 0.1) is 0 Å². The molecule has 1 aromatic rings. The number of amides is 1. The number of benzene rings is 1. The van der Waals surface area contributed by atoms with E-state index in [1.807, 2.05) is 24.3 Å². The Balaban J connectivity index is 1.46. The van der Waals surface area contributed by atoms with Gasteiger partial charge < -0.3 is 24.6 Å². The molecule has 1 heterocycles. The van der Waals surface area contributed by atoms with Crippen molar-refractivity contribution in [1.29, 1.82) is 0 Å². The predicted molar refractivity (Wildman–Crippen MR) is 99.2 cm³/mol. The van der Waals surface area contributed by atoms with Gasteiger partial charge in [-0.1, -0.05) is 12.1 Å². The van der Waals surface area contributed by atoms with Gasteiger partial charge in [0.15, 0.2) is 0 Å². The van der Waals surface area contributed by atoms with Crippen molar-refractivity contribution >= 4 is 6.09 Å². The molecule has 1 N–H and O–H groups in total. The van der Waals surface area contributed by atoms with Gasteiger partial charge in [-0.2, -0.15) is 0 Å². The SMILES string of the molecule is COc1ccc(CCCOC(=O)NCCCN2CCN(C)CC2)cc1. The number of aryl methyl sites for hydroxylation is 1. The molecule has 1 amide bonds. The van der Waals surface area contributed by atoms with Crippen LogP contribution in [0.1, 0.15) is 18.4 Å². The number of piperazine rings is 1. The summed E-state index contributed by atoms with van der Waals surface area (Å²) in [5.74, 6) is 0.857. The maximum atomic E-state index is 11.7. The first-order valence-electron chi connectivity index (χ1n) is 9.12. The van der Waals surface area contributed by atoms with Gasteiger partial charge in [-0.25, -0.2) is 4.79 Å². The fraction of sp³-hybridized carbons (Fsp3) is 0.632. The van der Waals surface area contributed by atoms with Crippen LogP contribution in [0.4, 0.5) is 4.79 Å². The fourth-order valence-corrected chi connectivity index (χ4v) is 2.85. The van der Waals surface area contributed by atoms with Crippen LogP contribution in [0.15, 0.2) is 24.3 Å². The normalized spacial score (nSPS) is 15.8. The summed E-state index contributed by atoms with van der Waals surface area (Å²) in [7, 11) is 3.82. The molecule has 1 saturated heterocycles. The van der Waals surface area contributed by atoms with E-state index in [2.05, 4.69) is 22.2 Å². The quantitative estimate of drug-likeness (QED) is 0.691. The van der Waals surface area contributed by atoms with Gasteiger partial charge in [-0.05, 0) is 50.6 Å². The molecule has 0 bridgehead atoms. The van der Waals surface area contributed by atoms with Crippen LogP contribution in [0.25, 0.3) is 0 Å². The second-order valence-electron chi connectivity index (χ2n) is 6.51. The minimum atomic E-state index is -0.312. The maximum absolute atomic E-state index is 11.7. The lowest BCUT2D eigenvalue weighted by Crippen LogP contribution is -2.45. The summed E-state index contributed by atoms with van der Waals surface area (Å²) in [6.45, 7) is 6.64. The van der Waals surface area contributed by atoms with Gasteiger partial charge in [-0.15, -0.1) is 0 Å². The zero-order valence-corrected chi connectivity index (χ0v) is 15.5. The Hall–Kier alpha value is -1.79. The summed E-state index contributed by atoms with van der Waals surface area (Å²) in [4.78, 5) is 16.5. The lowest BCUT2D eigenvalue weighted by atomic mass is 10.1. The van der Waals surface area contributed by atoms with Crippen molar-refractivity contribution < 1.29 is 14.3 Å². The third kappa shape index (κ3) is 7.75. The number of hydrogen-bond donors (Lipinski definition) is 1. The van der Waals surface area contributed by atoms with Crippen LogP contribution < -0.4 is 10.1 Å². The van der Waals surface area contributed by atoms with Crippen molar-refractivity contribution in [2.75, 3.05) is 60.0 Å². The number of likely N-dealkylation sites (N-methyl/N-ethyl adjacent to an activating group) is 1. The summed E-state index contributed by atoms with van der Waals surface area (Å²) in [5.41, 5.74) is 1.22. The molecule has 0 radical (unpaired) electrons.